The van der Waals surface area contributed by atoms with E-state index < -0.39 is 0 Å². The number of methoxy groups -OCH3 is 1. The quantitative estimate of drug-likeness (QED) is 0.219. The van der Waals surface area contributed by atoms with Gasteiger partial charge in [-0.05, 0) is 36.4 Å². The van der Waals surface area contributed by atoms with Crippen molar-refractivity contribution >= 4 is 46.7 Å². The van der Waals surface area contributed by atoms with Crippen molar-refractivity contribution < 1.29 is 14.3 Å². The maximum Gasteiger partial charge on any atom is 0.224 e. The molecule has 2 aromatic heterocycles. The van der Waals surface area contributed by atoms with E-state index in [2.05, 4.69) is 4.98 Å². The van der Waals surface area contributed by atoms with Gasteiger partial charge in [0.25, 0.3) is 0 Å². The molecule has 0 spiro atoms. The van der Waals surface area contributed by atoms with Crippen molar-refractivity contribution in [3.63, 3.8) is 0 Å². The van der Waals surface area contributed by atoms with Crippen molar-refractivity contribution in [2.24, 2.45) is 0 Å². The lowest BCUT2D eigenvalue weighted by Gasteiger charge is -2.14. The number of rotatable bonds is 6. The van der Waals surface area contributed by atoms with Gasteiger partial charge in [-0.3, -0.25) is 9.59 Å². The summed E-state index contributed by atoms with van der Waals surface area (Å²) in [6.07, 6.45) is 1.51. The molecule has 5 aromatic rings. The Kier molecular flexibility index (Phi) is 6.51. The number of benzene rings is 3. The number of aromatic nitrogens is 2. The molecule has 0 aliphatic rings. The van der Waals surface area contributed by atoms with Gasteiger partial charge in [-0.25, -0.2) is 9.97 Å². The molecule has 3 aromatic carbocycles. The summed E-state index contributed by atoms with van der Waals surface area (Å²) in [5, 5.41) is 1.85. The van der Waals surface area contributed by atoms with Crippen molar-refractivity contribution in [3.8, 4) is 39.5 Å². The number of pyridine rings is 2. The van der Waals surface area contributed by atoms with Crippen LogP contribution in [0.5, 0.6) is 5.88 Å². The molecule has 176 valence electrons. The summed E-state index contributed by atoms with van der Waals surface area (Å²) in [6, 6.07) is 23.9. The Morgan fingerprint density at radius 2 is 1.31 bits per heavy atom. The molecule has 5 rings (SSSR count). The topological polar surface area (TPSA) is 69.2 Å². The van der Waals surface area contributed by atoms with E-state index in [-0.39, 0.29) is 5.88 Å². The molecule has 0 amide bonds. The molecular weight excluding hydrogens is 495 g/mol. The summed E-state index contributed by atoms with van der Waals surface area (Å²) in [5.74, 6) is 0.228. The van der Waals surface area contributed by atoms with Crippen molar-refractivity contribution in [2.45, 2.75) is 0 Å². The third-order valence-corrected chi connectivity index (χ3v) is 6.71. The number of fused-ring (bicyclic) bond motifs is 1. The predicted octanol–water partition coefficient (Wildman–Crippen LogP) is 7.57. The van der Waals surface area contributed by atoms with Gasteiger partial charge in [-0.1, -0.05) is 65.7 Å². The summed E-state index contributed by atoms with van der Waals surface area (Å²) in [7, 11) is 1.46. The van der Waals surface area contributed by atoms with Crippen molar-refractivity contribution in [3.05, 3.63) is 100 Å². The summed E-state index contributed by atoms with van der Waals surface area (Å²) in [5.41, 5.74) is 5.91. The molecule has 5 nitrogen and oxygen atoms in total. The Hall–Kier alpha value is -4.06. The van der Waals surface area contributed by atoms with E-state index in [1.165, 1.54) is 7.11 Å². The standard InChI is InChI=1S/C29H18Cl2N2O3/c1-36-29-19(16-35)10-13-26(33-29)23-7-3-5-21(28(23)31)20-4-2-6-22(27(20)30)25-12-9-18-14-17(15-34)8-11-24(18)32-25/h2-16H,1H3. The average Bonchev–Trinajstić information content (AvgIpc) is 2.92. The largest absolute Gasteiger partial charge is 0.480 e. The molecule has 0 aliphatic carbocycles. The SMILES string of the molecule is COc1nc(-c2cccc(-c3cccc(-c4ccc5cc(C=O)ccc5n4)c3Cl)c2Cl)ccc1C=O. The van der Waals surface area contributed by atoms with Crippen LogP contribution in [0.2, 0.25) is 10.0 Å². The van der Waals surface area contributed by atoms with E-state index in [1.807, 2.05) is 54.6 Å². The highest BCUT2D eigenvalue weighted by molar-refractivity contribution is 6.39. The summed E-state index contributed by atoms with van der Waals surface area (Å²) >= 11 is 13.8. The lowest BCUT2D eigenvalue weighted by molar-refractivity contribution is 0.111. The lowest BCUT2D eigenvalue weighted by atomic mass is 9.98. The van der Waals surface area contributed by atoms with Gasteiger partial charge in [0, 0.05) is 33.2 Å². The fraction of sp³-hybridized carbons (Fsp3) is 0.0345. The minimum atomic E-state index is 0.228. The zero-order valence-electron chi connectivity index (χ0n) is 19.0. The zero-order valence-corrected chi connectivity index (χ0v) is 20.5. The molecule has 0 saturated heterocycles. The Morgan fingerprint density at radius 3 is 1.92 bits per heavy atom. The van der Waals surface area contributed by atoms with E-state index in [0.29, 0.717) is 44.4 Å². The fourth-order valence-corrected chi connectivity index (χ4v) is 4.75. The lowest BCUT2D eigenvalue weighted by Crippen LogP contribution is -1.96. The highest BCUT2D eigenvalue weighted by atomic mass is 35.5. The molecule has 0 radical (unpaired) electrons. The van der Waals surface area contributed by atoms with Crippen LogP contribution in [0.15, 0.2) is 78.9 Å². The van der Waals surface area contributed by atoms with Gasteiger partial charge in [0.2, 0.25) is 5.88 Å². The minimum absolute atomic E-state index is 0.228. The average molecular weight is 513 g/mol. The summed E-state index contributed by atoms with van der Waals surface area (Å²) in [4.78, 5) is 31.5. The Bertz CT molecular complexity index is 1650. The highest BCUT2D eigenvalue weighted by Crippen LogP contribution is 2.42. The Labute approximate surface area is 217 Å². The number of hydrogen-bond acceptors (Lipinski definition) is 5. The number of nitrogens with zero attached hydrogens (tertiary/aromatic N) is 2. The molecule has 2 heterocycles. The highest BCUT2D eigenvalue weighted by Gasteiger charge is 2.17. The molecule has 0 saturated carbocycles. The van der Waals surface area contributed by atoms with E-state index in [4.69, 9.17) is 32.9 Å². The molecule has 0 fully saturated rings. The van der Waals surface area contributed by atoms with Crippen LogP contribution in [-0.4, -0.2) is 29.7 Å². The van der Waals surface area contributed by atoms with Crippen LogP contribution in [0.3, 0.4) is 0 Å². The van der Waals surface area contributed by atoms with Crippen LogP contribution in [0.25, 0.3) is 44.5 Å². The first kappa shape index (κ1) is 23.7. The third-order valence-electron chi connectivity index (χ3n) is 5.90. The number of carbonyl (C=O) groups is 2. The van der Waals surface area contributed by atoms with Gasteiger partial charge < -0.3 is 4.74 Å². The van der Waals surface area contributed by atoms with Crippen LogP contribution in [0.4, 0.5) is 0 Å². The number of halogens is 2. The second-order valence-corrected chi connectivity index (χ2v) is 8.77. The van der Waals surface area contributed by atoms with Gasteiger partial charge >= 0.3 is 0 Å². The number of aldehydes is 2. The van der Waals surface area contributed by atoms with Crippen LogP contribution >= 0.6 is 23.2 Å². The van der Waals surface area contributed by atoms with E-state index in [0.717, 1.165) is 33.9 Å². The normalized spacial score (nSPS) is 10.9. The zero-order chi connectivity index (χ0) is 25.2. The number of hydrogen-bond donors (Lipinski definition) is 0. The molecule has 36 heavy (non-hydrogen) atoms. The predicted molar refractivity (Wildman–Crippen MR) is 143 cm³/mol. The van der Waals surface area contributed by atoms with Crippen LogP contribution in [-0.2, 0) is 0 Å². The smallest absolute Gasteiger partial charge is 0.224 e. The second-order valence-electron chi connectivity index (χ2n) is 8.01. The maximum absolute atomic E-state index is 11.2. The molecular formula is C29H18Cl2N2O3. The summed E-state index contributed by atoms with van der Waals surface area (Å²) in [6.45, 7) is 0. The second kappa shape index (κ2) is 9.90. The van der Waals surface area contributed by atoms with Gasteiger partial charge in [0.1, 0.15) is 6.29 Å². The molecule has 0 aliphatic heterocycles. The van der Waals surface area contributed by atoms with E-state index in [9.17, 15) is 9.59 Å². The monoisotopic (exact) mass is 512 g/mol. The van der Waals surface area contributed by atoms with E-state index in [1.54, 1.807) is 24.3 Å². The first-order chi connectivity index (χ1) is 17.5. The minimum Gasteiger partial charge on any atom is -0.480 e. The molecule has 0 N–H and O–H groups in total. The third kappa shape index (κ3) is 4.24. The van der Waals surface area contributed by atoms with E-state index >= 15 is 0 Å². The van der Waals surface area contributed by atoms with Gasteiger partial charge in [-0.2, -0.15) is 0 Å². The Morgan fingerprint density at radius 1 is 0.694 bits per heavy atom. The van der Waals surface area contributed by atoms with Gasteiger partial charge in [0.05, 0.1) is 39.6 Å². The van der Waals surface area contributed by atoms with Crippen molar-refractivity contribution in [1.82, 2.24) is 9.97 Å². The van der Waals surface area contributed by atoms with Crippen LogP contribution in [0, 0.1) is 0 Å². The fourth-order valence-electron chi connectivity index (χ4n) is 4.10. The number of carbonyl (C=O) groups excluding carboxylic acids is 2. The Balaban J connectivity index is 1.60. The first-order valence-corrected chi connectivity index (χ1v) is 11.7. The molecule has 0 bridgehead atoms. The van der Waals surface area contributed by atoms with Crippen LogP contribution < -0.4 is 4.74 Å². The van der Waals surface area contributed by atoms with Crippen molar-refractivity contribution in [2.75, 3.05) is 7.11 Å². The summed E-state index contributed by atoms with van der Waals surface area (Å²) < 4.78 is 5.25. The molecule has 0 unspecified atom stereocenters. The maximum atomic E-state index is 11.2. The molecule has 7 heteroatoms. The molecule has 0 atom stereocenters. The van der Waals surface area contributed by atoms with Gasteiger partial charge in [0.15, 0.2) is 6.29 Å². The number of ether oxygens (including phenoxy) is 1. The van der Waals surface area contributed by atoms with Crippen LogP contribution in [0.1, 0.15) is 20.7 Å². The van der Waals surface area contributed by atoms with Gasteiger partial charge in [-0.15, -0.1) is 0 Å². The van der Waals surface area contributed by atoms with Crippen molar-refractivity contribution in [1.29, 1.82) is 0 Å². The first-order valence-electron chi connectivity index (χ1n) is 11.0.